The minimum Gasteiger partial charge on any atom is -0.493 e. The van der Waals surface area contributed by atoms with E-state index >= 15 is 0 Å². The van der Waals surface area contributed by atoms with Gasteiger partial charge in [0.15, 0.2) is 11.5 Å². The molecule has 1 aliphatic carbocycles. The molecule has 2 aromatic rings. The van der Waals surface area contributed by atoms with Crippen LogP contribution in [0.1, 0.15) is 43.9 Å². The van der Waals surface area contributed by atoms with Crippen molar-refractivity contribution in [1.82, 2.24) is 9.78 Å². The van der Waals surface area contributed by atoms with Gasteiger partial charge in [0.1, 0.15) is 6.23 Å². The van der Waals surface area contributed by atoms with Crippen molar-refractivity contribution in [3.63, 3.8) is 0 Å². The first-order valence-corrected chi connectivity index (χ1v) is 8.27. The average Bonchev–Trinajstić information content (AvgIpc) is 3.26. The Kier molecular flexibility index (Phi) is 5.18. The van der Waals surface area contributed by atoms with Crippen molar-refractivity contribution in [2.75, 3.05) is 7.11 Å². The molecule has 0 saturated heterocycles. The van der Waals surface area contributed by atoms with Crippen LogP contribution in [0.5, 0.6) is 11.5 Å². The molecule has 1 N–H and O–H groups in total. The van der Waals surface area contributed by atoms with Gasteiger partial charge in [-0.2, -0.15) is 5.10 Å². The lowest BCUT2D eigenvalue weighted by Crippen LogP contribution is -2.12. The molecule has 3 rings (SSSR count). The normalized spacial score (nSPS) is 16.4. The van der Waals surface area contributed by atoms with Crippen molar-refractivity contribution in [3.05, 3.63) is 42.2 Å². The number of rotatable bonds is 7. The molecule has 5 nitrogen and oxygen atoms in total. The second-order valence-electron chi connectivity index (χ2n) is 6.01. The number of aliphatic hydroxyl groups is 1. The molecular formula is C18H24N2O3. The number of aliphatic hydroxyl groups excluding tert-OH is 1. The van der Waals surface area contributed by atoms with Gasteiger partial charge >= 0.3 is 0 Å². The SMILES string of the molecule is COc1ccc(CCC(O)n2cccn2)cc1OC1CCCC1. The molecule has 1 unspecified atom stereocenters. The lowest BCUT2D eigenvalue weighted by Gasteiger charge is -2.17. The molecule has 1 heterocycles. The molecule has 1 aromatic carbocycles. The van der Waals surface area contributed by atoms with Gasteiger partial charge in [0.05, 0.1) is 13.2 Å². The van der Waals surface area contributed by atoms with Crippen LogP contribution in [-0.2, 0) is 6.42 Å². The summed E-state index contributed by atoms with van der Waals surface area (Å²) >= 11 is 0. The molecule has 1 saturated carbocycles. The summed E-state index contributed by atoms with van der Waals surface area (Å²) in [5.74, 6) is 1.58. The van der Waals surface area contributed by atoms with Crippen LogP contribution in [0.4, 0.5) is 0 Å². The number of ether oxygens (including phenoxy) is 2. The summed E-state index contributed by atoms with van der Waals surface area (Å²) in [4.78, 5) is 0. The van der Waals surface area contributed by atoms with Crippen molar-refractivity contribution < 1.29 is 14.6 Å². The molecule has 0 amide bonds. The molecule has 1 fully saturated rings. The highest BCUT2D eigenvalue weighted by Gasteiger charge is 2.18. The van der Waals surface area contributed by atoms with Crippen molar-refractivity contribution in [2.45, 2.75) is 50.9 Å². The van der Waals surface area contributed by atoms with Crippen molar-refractivity contribution in [3.8, 4) is 11.5 Å². The quantitative estimate of drug-likeness (QED) is 0.851. The summed E-state index contributed by atoms with van der Waals surface area (Å²) in [5.41, 5.74) is 1.13. The maximum absolute atomic E-state index is 10.1. The Balaban J connectivity index is 1.64. The largest absolute Gasteiger partial charge is 0.493 e. The molecule has 0 bridgehead atoms. The maximum Gasteiger partial charge on any atom is 0.161 e. The Morgan fingerprint density at radius 1 is 1.30 bits per heavy atom. The molecule has 1 aliphatic rings. The minimum atomic E-state index is -0.605. The van der Waals surface area contributed by atoms with E-state index in [9.17, 15) is 5.11 Å². The van der Waals surface area contributed by atoms with E-state index in [1.165, 1.54) is 12.8 Å². The summed E-state index contributed by atoms with van der Waals surface area (Å²) in [7, 11) is 1.66. The fourth-order valence-electron chi connectivity index (χ4n) is 3.04. The Hall–Kier alpha value is -2.01. The zero-order valence-corrected chi connectivity index (χ0v) is 13.5. The zero-order valence-electron chi connectivity index (χ0n) is 13.5. The van der Waals surface area contributed by atoms with Crippen molar-refractivity contribution in [1.29, 1.82) is 0 Å². The second kappa shape index (κ2) is 7.51. The van der Waals surface area contributed by atoms with Crippen LogP contribution in [0, 0.1) is 0 Å². The predicted octanol–water partition coefficient (Wildman–Crippen LogP) is 3.34. The highest BCUT2D eigenvalue weighted by molar-refractivity contribution is 5.43. The van der Waals surface area contributed by atoms with E-state index in [4.69, 9.17) is 9.47 Å². The minimum absolute atomic E-state index is 0.300. The van der Waals surface area contributed by atoms with E-state index in [2.05, 4.69) is 5.10 Å². The molecule has 0 spiro atoms. The average molecular weight is 316 g/mol. The van der Waals surface area contributed by atoms with Crippen LogP contribution in [0.3, 0.4) is 0 Å². The van der Waals surface area contributed by atoms with Crippen LogP contribution < -0.4 is 9.47 Å². The topological polar surface area (TPSA) is 56.5 Å². The Bertz CT molecular complexity index is 607. The summed E-state index contributed by atoms with van der Waals surface area (Å²) in [6, 6.07) is 7.81. The molecule has 23 heavy (non-hydrogen) atoms. The van der Waals surface area contributed by atoms with Gasteiger partial charge in [-0.15, -0.1) is 0 Å². The van der Waals surface area contributed by atoms with Crippen molar-refractivity contribution in [2.24, 2.45) is 0 Å². The monoisotopic (exact) mass is 316 g/mol. The molecule has 1 aromatic heterocycles. The maximum atomic E-state index is 10.1. The fourth-order valence-corrected chi connectivity index (χ4v) is 3.04. The predicted molar refractivity (Wildman–Crippen MR) is 87.7 cm³/mol. The van der Waals surface area contributed by atoms with Crippen LogP contribution in [0.2, 0.25) is 0 Å². The molecule has 1 atom stereocenters. The van der Waals surface area contributed by atoms with Gasteiger partial charge in [-0.25, -0.2) is 4.68 Å². The summed E-state index contributed by atoms with van der Waals surface area (Å²) in [5, 5.41) is 14.2. The lowest BCUT2D eigenvalue weighted by atomic mass is 10.1. The number of aryl methyl sites for hydroxylation is 1. The van der Waals surface area contributed by atoms with E-state index in [-0.39, 0.29) is 0 Å². The van der Waals surface area contributed by atoms with E-state index in [0.29, 0.717) is 12.5 Å². The number of benzene rings is 1. The van der Waals surface area contributed by atoms with Gasteiger partial charge in [-0.1, -0.05) is 6.07 Å². The number of methoxy groups -OCH3 is 1. The summed E-state index contributed by atoms with van der Waals surface area (Å²) in [6.07, 6.45) is 9.21. The third kappa shape index (κ3) is 4.05. The zero-order chi connectivity index (χ0) is 16.1. The Morgan fingerprint density at radius 3 is 2.83 bits per heavy atom. The van der Waals surface area contributed by atoms with Gasteiger partial charge < -0.3 is 14.6 Å². The third-order valence-electron chi connectivity index (χ3n) is 4.35. The number of hydrogen-bond acceptors (Lipinski definition) is 4. The van der Waals surface area contributed by atoms with Gasteiger partial charge in [0, 0.05) is 12.4 Å². The van der Waals surface area contributed by atoms with Gasteiger partial charge in [-0.05, 0) is 62.3 Å². The number of aromatic nitrogens is 2. The van der Waals surface area contributed by atoms with Gasteiger partial charge in [0.25, 0.3) is 0 Å². The van der Waals surface area contributed by atoms with Crippen LogP contribution in [0.25, 0.3) is 0 Å². The third-order valence-corrected chi connectivity index (χ3v) is 4.35. The van der Waals surface area contributed by atoms with E-state index in [1.54, 1.807) is 24.2 Å². The first-order valence-electron chi connectivity index (χ1n) is 8.27. The van der Waals surface area contributed by atoms with Crippen LogP contribution >= 0.6 is 0 Å². The second-order valence-corrected chi connectivity index (χ2v) is 6.01. The highest BCUT2D eigenvalue weighted by atomic mass is 16.5. The lowest BCUT2D eigenvalue weighted by molar-refractivity contribution is 0.0818. The Morgan fingerprint density at radius 2 is 2.13 bits per heavy atom. The van der Waals surface area contributed by atoms with Gasteiger partial charge in [-0.3, -0.25) is 0 Å². The summed E-state index contributed by atoms with van der Waals surface area (Å²) in [6.45, 7) is 0. The van der Waals surface area contributed by atoms with Crippen LogP contribution in [0.15, 0.2) is 36.7 Å². The van der Waals surface area contributed by atoms with Gasteiger partial charge in [0.2, 0.25) is 0 Å². The summed E-state index contributed by atoms with van der Waals surface area (Å²) < 4.78 is 13.1. The first kappa shape index (κ1) is 15.9. The Labute approximate surface area is 136 Å². The smallest absolute Gasteiger partial charge is 0.161 e. The fraction of sp³-hybridized carbons (Fsp3) is 0.500. The molecule has 0 aliphatic heterocycles. The molecular weight excluding hydrogens is 292 g/mol. The van der Waals surface area contributed by atoms with Crippen molar-refractivity contribution >= 4 is 0 Å². The van der Waals surface area contributed by atoms with Crippen LogP contribution in [-0.4, -0.2) is 28.1 Å². The first-order chi connectivity index (χ1) is 11.3. The number of hydrogen-bond donors (Lipinski definition) is 1. The van der Waals surface area contributed by atoms with E-state index < -0.39 is 6.23 Å². The highest BCUT2D eigenvalue weighted by Crippen LogP contribution is 2.33. The standard InChI is InChI=1S/C18H24N2O3/c1-22-16-9-7-14(8-10-18(21)20-12-4-11-19-20)13-17(16)23-15-5-2-3-6-15/h4,7,9,11-13,15,18,21H,2-3,5-6,8,10H2,1H3. The van der Waals surface area contributed by atoms with E-state index in [0.717, 1.165) is 36.3 Å². The number of nitrogens with zero attached hydrogens (tertiary/aromatic N) is 2. The molecule has 0 radical (unpaired) electrons. The van der Waals surface area contributed by atoms with E-state index in [1.807, 2.05) is 24.3 Å². The molecule has 5 heteroatoms. The molecule has 124 valence electrons.